The van der Waals surface area contributed by atoms with E-state index in [0.717, 1.165) is 43.9 Å². The van der Waals surface area contributed by atoms with Crippen LogP contribution in [0, 0.1) is 6.92 Å². The number of methoxy groups -OCH3 is 1. The third kappa shape index (κ3) is 9.26. The van der Waals surface area contributed by atoms with Crippen molar-refractivity contribution in [3.05, 3.63) is 83.4 Å². The number of carbonyl (C=O) groups excluding carboxylic acids is 2. The highest BCUT2D eigenvalue weighted by atomic mass is 32.2. The zero-order valence-electron chi connectivity index (χ0n) is 25.6. The first kappa shape index (κ1) is 31.4. The Morgan fingerprint density at radius 3 is 2.19 bits per heavy atom. The van der Waals surface area contributed by atoms with Gasteiger partial charge in [-0.05, 0) is 125 Å². The number of nitrogens with zero attached hydrogens (tertiary/aromatic N) is 2. The molecule has 0 radical (unpaired) electrons. The van der Waals surface area contributed by atoms with Crippen LogP contribution in [-0.4, -0.2) is 61.2 Å². The van der Waals surface area contributed by atoms with Gasteiger partial charge in [-0.1, -0.05) is 30.0 Å². The van der Waals surface area contributed by atoms with Crippen LogP contribution in [0.15, 0.2) is 76.5 Å². The summed E-state index contributed by atoms with van der Waals surface area (Å²) in [6, 6.07) is 23.1. The van der Waals surface area contributed by atoms with E-state index in [1.165, 1.54) is 31.4 Å². The Balaban J connectivity index is 1.27. The standard InChI is InChI=1S/C34H43N3O4S/c1-24-7-10-27(35-32(38)23-36(5)33(39)41-34(2,3)4)21-31(24)26-17-19-37(20-18-26)22-25-8-13-29(14-9-25)42-30-15-11-28(40-6)12-16-30/h7-16,21,26H,17-20,22-23H2,1-6H3,(H,35,38). The van der Waals surface area contributed by atoms with Crippen molar-refractivity contribution < 1.29 is 19.1 Å². The third-order valence-electron chi connectivity index (χ3n) is 7.30. The molecule has 0 bridgehead atoms. The molecule has 0 saturated carbocycles. The smallest absolute Gasteiger partial charge is 0.410 e. The average Bonchev–Trinajstić information content (AvgIpc) is 2.95. The maximum Gasteiger partial charge on any atom is 0.410 e. The predicted octanol–water partition coefficient (Wildman–Crippen LogP) is 7.34. The number of aryl methyl sites for hydroxylation is 1. The fraction of sp³-hybridized carbons (Fsp3) is 0.412. The van der Waals surface area contributed by atoms with Crippen LogP contribution in [0.3, 0.4) is 0 Å². The van der Waals surface area contributed by atoms with Gasteiger partial charge in [0, 0.05) is 29.1 Å². The molecule has 7 nitrogen and oxygen atoms in total. The van der Waals surface area contributed by atoms with Gasteiger partial charge in [0.15, 0.2) is 0 Å². The maximum absolute atomic E-state index is 12.6. The first-order valence-corrected chi connectivity index (χ1v) is 15.3. The average molecular weight is 590 g/mol. The van der Waals surface area contributed by atoms with Crippen LogP contribution in [0.4, 0.5) is 10.5 Å². The number of hydrogen-bond acceptors (Lipinski definition) is 6. The van der Waals surface area contributed by atoms with Crippen molar-refractivity contribution in [3.63, 3.8) is 0 Å². The van der Waals surface area contributed by atoms with Gasteiger partial charge in [-0.2, -0.15) is 0 Å². The van der Waals surface area contributed by atoms with Gasteiger partial charge in [-0.3, -0.25) is 9.69 Å². The molecule has 4 rings (SSSR count). The van der Waals surface area contributed by atoms with Crippen LogP contribution in [0.2, 0.25) is 0 Å². The van der Waals surface area contributed by atoms with Gasteiger partial charge < -0.3 is 19.7 Å². The number of likely N-dealkylation sites (tertiary alicyclic amines) is 1. The van der Waals surface area contributed by atoms with Gasteiger partial charge in [-0.15, -0.1) is 0 Å². The molecule has 3 aromatic carbocycles. The molecule has 0 atom stereocenters. The lowest BCUT2D eigenvalue weighted by molar-refractivity contribution is -0.117. The van der Waals surface area contributed by atoms with E-state index in [1.807, 2.05) is 18.2 Å². The fourth-order valence-corrected chi connectivity index (χ4v) is 5.90. The van der Waals surface area contributed by atoms with Gasteiger partial charge in [0.2, 0.25) is 5.91 Å². The number of likely N-dealkylation sites (N-methyl/N-ethyl adjacent to an activating group) is 1. The number of rotatable bonds is 9. The van der Waals surface area contributed by atoms with E-state index >= 15 is 0 Å². The van der Waals surface area contributed by atoms with E-state index in [9.17, 15) is 9.59 Å². The molecule has 1 fully saturated rings. The number of carbonyl (C=O) groups is 2. The van der Waals surface area contributed by atoms with E-state index in [1.54, 1.807) is 46.7 Å². The van der Waals surface area contributed by atoms with E-state index in [2.05, 4.69) is 65.7 Å². The summed E-state index contributed by atoms with van der Waals surface area (Å²) in [7, 11) is 3.25. The number of anilines is 1. The van der Waals surface area contributed by atoms with E-state index in [4.69, 9.17) is 9.47 Å². The molecule has 1 aliphatic heterocycles. The quantitative estimate of drug-likeness (QED) is 0.282. The molecule has 1 aliphatic rings. The largest absolute Gasteiger partial charge is 0.497 e. The highest BCUT2D eigenvalue weighted by Gasteiger charge is 2.24. The second-order valence-corrected chi connectivity index (χ2v) is 13.1. The van der Waals surface area contributed by atoms with E-state index in [-0.39, 0.29) is 12.5 Å². The van der Waals surface area contributed by atoms with Gasteiger partial charge in [0.05, 0.1) is 7.11 Å². The molecule has 1 saturated heterocycles. The highest BCUT2D eigenvalue weighted by molar-refractivity contribution is 7.99. The SMILES string of the molecule is COc1ccc(Sc2ccc(CN3CCC(c4cc(NC(=O)CN(C)C(=O)OC(C)(C)C)ccc4C)CC3)cc2)cc1. The van der Waals surface area contributed by atoms with Crippen molar-refractivity contribution in [3.8, 4) is 5.75 Å². The van der Waals surface area contributed by atoms with E-state index in [0.29, 0.717) is 5.92 Å². The minimum absolute atomic E-state index is 0.0718. The second-order valence-electron chi connectivity index (χ2n) is 11.9. The zero-order chi connectivity index (χ0) is 30.3. The molecule has 42 heavy (non-hydrogen) atoms. The molecule has 2 amide bonds. The first-order chi connectivity index (χ1) is 20.0. The number of amides is 2. The third-order valence-corrected chi connectivity index (χ3v) is 8.32. The fourth-order valence-electron chi connectivity index (χ4n) is 5.08. The molecule has 0 aromatic heterocycles. The minimum atomic E-state index is -0.606. The number of nitrogens with one attached hydrogen (secondary N) is 1. The van der Waals surface area contributed by atoms with Crippen molar-refractivity contribution >= 4 is 29.4 Å². The Bertz CT molecular complexity index is 1340. The summed E-state index contributed by atoms with van der Waals surface area (Å²) >= 11 is 1.75. The Morgan fingerprint density at radius 1 is 0.976 bits per heavy atom. The second kappa shape index (κ2) is 14.1. The first-order valence-electron chi connectivity index (χ1n) is 14.5. The Morgan fingerprint density at radius 2 is 1.60 bits per heavy atom. The number of benzene rings is 3. The molecular formula is C34H43N3O4S. The summed E-state index contributed by atoms with van der Waals surface area (Å²) in [4.78, 5) is 31.1. The number of hydrogen-bond donors (Lipinski definition) is 1. The van der Waals surface area contributed by atoms with Gasteiger partial charge in [0.1, 0.15) is 17.9 Å². The van der Waals surface area contributed by atoms with Gasteiger partial charge >= 0.3 is 6.09 Å². The normalized spacial score (nSPS) is 14.3. The summed E-state index contributed by atoms with van der Waals surface area (Å²) in [5.41, 5.74) is 4.00. The van der Waals surface area contributed by atoms with Crippen molar-refractivity contribution in [2.24, 2.45) is 0 Å². The molecular weight excluding hydrogens is 546 g/mol. The van der Waals surface area contributed by atoms with Crippen LogP contribution in [0.1, 0.15) is 56.2 Å². The lowest BCUT2D eigenvalue weighted by Gasteiger charge is -2.33. The Hall–Kier alpha value is -3.49. The van der Waals surface area contributed by atoms with Crippen LogP contribution < -0.4 is 10.1 Å². The minimum Gasteiger partial charge on any atom is -0.497 e. The van der Waals surface area contributed by atoms with Crippen LogP contribution in [0.25, 0.3) is 0 Å². The molecule has 0 aliphatic carbocycles. The summed E-state index contributed by atoms with van der Waals surface area (Å²) in [5.74, 6) is 1.07. The Labute approximate surface area is 254 Å². The van der Waals surface area contributed by atoms with Crippen LogP contribution in [-0.2, 0) is 16.1 Å². The van der Waals surface area contributed by atoms with E-state index < -0.39 is 11.7 Å². The molecule has 3 aromatic rings. The monoisotopic (exact) mass is 589 g/mol. The number of ether oxygens (including phenoxy) is 2. The van der Waals surface area contributed by atoms with Gasteiger partial charge in [-0.25, -0.2) is 4.79 Å². The summed E-state index contributed by atoms with van der Waals surface area (Å²) in [6.45, 7) is 10.5. The van der Waals surface area contributed by atoms with Crippen molar-refractivity contribution in [2.45, 2.75) is 68.4 Å². The molecule has 1 N–H and O–H groups in total. The molecule has 0 spiro atoms. The lowest BCUT2D eigenvalue weighted by atomic mass is 9.86. The molecule has 1 heterocycles. The Kier molecular flexibility index (Phi) is 10.6. The summed E-state index contributed by atoms with van der Waals surface area (Å²) < 4.78 is 10.6. The molecule has 0 unspecified atom stereocenters. The highest BCUT2D eigenvalue weighted by Crippen LogP contribution is 2.33. The van der Waals surface area contributed by atoms with Crippen molar-refractivity contribution in [1.29, 1.82) is 0 Å². The topological polar surface area (TPSA) is 71.1 Å². The predicted molar refractivity (Wildman–Crippen MR) is 169 cm³/mol. The van der Waals surface area contributed by atoms with Gasteiger partial charge in [0.25, 0.3) is 0 Å². The molecule has 8 heteroatoms. The van der Waals surface area contributed by atoms with Crippen molar-refractivity contribution in [1.82, 2.24) is 9.80 Å². The zero-order valence-corrected chi connectivity index (χ0v) is 26.4. The summed E-state index contributed by atoms with van der Waals surface area (Å²) in [6.07, 6.45) is 1.63. The summed E-state index contributed by atoms with van der Waals surface area (Å²) in [5, 5.41) is 2.96. The number of piperidine rings is 1. The lowest BCUT2D eigenvalue weighted by Crippen LogP contribution is -2.38. The molecule has 224 valence electrons. The van der Waals surface area contributed by atoms with Crippen LogP contribution >= 0.6 is 11.8 Å². The van der Waals surface area contributed by atoms with Crippen LogP contribution in [0.5, 0.6) is 5.75 Å². The maximum atomic E-state index is 12.6. The van der Waals surface area contributed by atoms with Crippen molar-refractivity contribution in [2.75, 3.05) is 39.1 Å².